The lowest BCUT2D eigenvalue weighted by atomic mass is 10.1. The normalized spacial score (nSPS) is 18.7. The second-order valence-corrected chi connectivity index (χ2v) is 5.24. The third-order valence-electron chi connectivity index (χ3n) is 2.83. The number of hydrogen-bond acceptors (Lipinski definition) is 5. The molecule has 1 aliphatic rings. The van der Waals surface area contributed by atoms with E-state index in [1.807, 2.05) is 0 Å². The highest BCUT2D eigenvalue weighted by atomic mass is 32.1. The number of rotatable bonds is 4. The van der Waals surface area contributed by atoms with Crippen molar-refractivity contribution < 1.29 is 19.5 Å². The zero-order chi connectivity index (χ0) is 14.0. The lowest BCUT2D eigenvalue weighted by Gasteiger charge is -2.09. The molecule has 1 unspecified atom stereocenters. The molecule has 2 rings (SSSR count). The van der Waals surface area contributed by atoms with Gasteiger partial charge in [-0.05, 0) is 0 Å². The molecule has 7 nitrogen and oxygen atoms in total. The largest absolute Gasteiger partial charge is 0.481 e. The number of carbonyl (C=O) groups excluding carboxylic acids is 2. The first kappa shape index (κ1) is 13.5. The Morgan fingerprint density at radius 1 is 1.63 bits per heavy atom. The first-order valence-corrected chi connectivity index (χ1v) is 6.54. The number of nitrogens with one attached hydrogen (secondary N) is 1. The molecule has 1 aromatic heterocycles. The topological polar surface area (TPSA) is 99.6 Å². The monoisotopic (exact) mass is 283 g/mol. The lowest BCUT2D eigenvalue weighted by Crippen LogP contribution is -2.25. The quantitative estimate of drug-likeness (QED) is 0.821. The maximum Gasteiger partial charge on any atom is 0.309 e. The molecule has 102 valence electrons. The average Bonchev–Trinajstić information content (AvgIpc) is 2.86. The van der Waals surface area contributed by atoms with Gasteiger partial charge in [-0.25, -0.2) is 4.98 Å². The molecule has 1 aromatic rings. The van der Waals surface area contributed by atoms with Gasteiger partial charge in [0.1, 0.15) is 0 Å². The van der Waals surface area contributed by atoms with E-state index in [1.165, 1.54) is 16.2 Å². The summed E-state index contributed by atoms with van der Waals surface area (Å²) in [6, 6.07) is 0. The van der Waals surface area contributed by atoms with Crippen LogP contribution in [-0.2, 0) is 20.8 Å². The number of aliphatic carboxylic acids is 1. The molecule has 0 spiro atoms. The highest BCUT2D eigenvalue weighted by Crippen LogP contribution is 2.20. The first-order chi connectivity index (χ1) is 8.95. The third-order valence-corrected chi connectivity index (χ3v) is 3.63. The Morgan fingerprint density at radius 3 is 2.95 bits per heavy atom. The van der Waals surface area contributed by atoms with Crippen molar-refractivity contribution in [1.29, 1.82) is 0 Å². The van der Waals surface area contributed by atoms with E-state index in [0.717, 1.165) is 0 Å². The number of hydrogen-bond donors (Lipinski definition) is 2. The zero-order valence-corrected chi connectivity index (χ0v) is 11.1. The summed E-state index contributed by atoms with van der Waals surface area (Å²) in [4.78, 5) is 39.3. The number of carbonyl (C=O) groups is 3. The van der Waals surface area contributed by atoms with E-state index >= 15 is 0 Å². The van der Waals surface area contributed by atoms with E-state index < -0.39 is 5.97 Å². The van der Waals surface area contributed by atoms with E-state index in [9.17, 15) is 14.4 Å². The number of amides is 2. The molecule has 2 N–H and O–H groups in total. The Balaban J connectivity index is 1.94. The second kappa shape index (κ2) is 5.35. The Bertz CT molecular complexity index is 528. The molecule has 1 aliphatic heterocycles. The number of thiazole rings is 1. The van der Waals surface area contributed by atoms with Crippen molar-refractivity contribution in [3.05, 3.63) is 11.1 Å². The number of anilines is 1. The number of nitrogens with zero attached hydrogens (tertiary/aromatic N) is 2. The highest BCUT2D eigenvalue weighted by Gasteiger charge is 2.32. The van der Waals surface area contributed by atoms with E-state index in [4.69, 9.17) is 5.11 Å². The van der Waals surface area contributed by atoms with Gasteiger partial charge in [0.15, 0.2) is 5.13 Å². The van der Waals surface area contributed by atoms with Gasteiger partial charge in [-0.15, -0.1) is 11.3 Å². The third kappa shape index (κ3) is 3.28. The van der Waals surface area contributed by atoms with Crippen LogP contribution in [0.2, 0.25) is 0 Å². The molecule has 8 heteroatoms. The molecule has 19 heavy (non-hydrogen) atoms. The van der Waals surface area contributed by atoms with Crippen LogP contribution in [0, 0.1) is 5.92 Å². The van der Waals surface area contributed by atoms with E-state index in [-0.39, 0.29) is 30.6 Å². The summed E-state index contributed by atoms with van der Waals surface area (Å²) < 4.78 is 0. The maximum atomic E-state index is 11.9. The van der Waals surface area contributed by atoms with Crippen LogP contribution in [0.5, 0.6) is 0 Å². The smallest absolute Gasteiger partial charge is 0.309 e. The van der Waals surface area contributed by atoms with Crippen molar-refractivity contribution in [2.75, 3.05) is 18.9 Å². The van der Waals surface area contributed by atoms with Gasteiger partial charge in [0.05, 0.1) is 18.0 Å². The van der Waals surface area contributed by atoms with Crippen LogP contribution >= 0.6 is 11.3 Å². The van der Waals surface area contributed by atoms with Gasteiger partial charge >= 0.3 is 5.97 Å². The van der Waals surface area contributed by atoms with Crippen LogP contribution < -0.4 is 5.32 Å². The van der Waals surface area contributed by atoms with Crippen LogP contribution in [-0.4, -0.2) is 46.4 Å². The Kier molecular flexibility index (Phi) is 3.79. The standard InChI is InChI=1S/C11H13N3O4S/c1-14-4-6(2-8(14)15)10(18)13-11-12-7(5-19-11)3-9(16)17/h5-6H,2-4H2,1H3,(H,16,17)(H,12,13,18). The summed E-state index contributed by atoms with van der Waals surface area (Å²) in [5.74, 6) is -1.64. The summed E-state index contributed by atoms with van der Waals surface area (Å²) in [6.07, 6.45) is 0.0344. The minimum Gasteiger partial charge on any atom is -0.481 e. The van der Waals surface area contributed by atoms with Gasteiger partial charge < -0.3 is 15.3 Å². The van der Waals surface area contributed by atoms with Crippen LogP contribution in [0.25, 0.3) is 0 Å². The van der Waals surface area contributed by atoms with Gasteiger partial charge in [0, 0.05) is 25.4 Å². The molecule has 1 saturated heterocycles. The van der Waals surface area contributed by atoms with Gasteiger partial charge in [0.25, 0.3) is 0 Å². The molecule has 0 aliphatic carbocycles. The number of carboxylic acids is 1. The van der Waals surface area contributed by atoms with Crippen LogP contribution in [0.1, 0.15) is 12.1 Å². The lowest BCUT2D eigenvalue weighted by molar-refractivity contribution is -0.136. The van der Waals surface area contributed by atoms with Gasteiger partial charge in [-0.3, -0.25) is 14.4 Å². The minimum absolute atomic E-state index is 0.0501. The van der Waals surface area contributed by atoms with Gasteiger partial charge in [-0.1, -0.05) is 0 Å². The fraction of sp³-hybridized carbons (Fsp3) is 0.455. The van der Waals surface area contributed by atoms with E-state index in [2.05, 4.69) is 10.3 Å². The maximum absolute atomic E-state index is 11.9. The second-order valence-electron chi connectivity index (χ2n) is 4.38. The average molecular weight is 283 g/mol. The Morgan fingerprint density at radius 2 is 2.37 bits per heavy atom. The fourth-order valence-corrected chi connectivity index (χ4v) is 2.56. The molecule has 2 heterocycles. The van der Waals surface area contributed by atoms with Crippen LogP contribution in [0.3, 0.4) is 0 Å². The van der Waals surface area contributed by atoms with Crippen molar-refractivity contribution in [2.45, 2.75) is 12.8 Å². The molecule has 2 amide bonds. The minimum atomic E-state index is -0.966. The number of carboxylic acid groups (broad SMARTS) is 1. The molecular formula is C11H13N3O4S. The molecule has 0 radical (unpaired) electrons. The predicted molar refractivity (Wildman–Crippen MR) is 67.8 cm³/mol. The summed E-state index contributed by atoms with van der Waals surface area (Å²) in [5, 5.41) is 13.2. The van der Waals surface area contributed by atoms with E-state index in [0.29, 0.717) is 17.4 Å². The number of likely N-dealkylation sites (tertiary alicyclic amines) is 1. The number of aromatic nitrogens is 1. The van der Waals surface area contributed by atoms with E-state index in [1.54, 1.807) is 12.4 Å². The SMILES string of the molecule is CN1CC(C(=O)Nc2nc(CC(=O)O)cs2)CC1=O. The molecule has 1 fully saturated rings. The van der Waals surface area contributed by atoms with Crippen molar-refractivity contribution in [3.63, 3.8) is 0 Å². The molecule has 1 atom stereocenters. The molecule has 0 aromatic carbocycles. The fourth-order valence-electron chi connectivity index (χ4n) is 1.85. The summed E-state index contributed by atoms with van der Waals surface area (Å²) in [5.41, 5.74) is 0.410. The summed E-state index contributed by atoms with van der Waals surface area (Å²) in [7, 11) is 1.66. The van der Waals surface area contributed by atoms with Crippen molar-refractivity contribution in [1.82, 2.24) is 9.88 Å². The molecule has 0 bridgehead atoms. The Hall–Kier alpha value is -1.96. The van der Waals surface area contributed by atoms with Gasteiger partial charge in [0.2, 0.25) is 11.8 Å². The molecular weight excluding hydrogens is 270 g/mol. The Labute approximate surface area is 113 Å². The molecule has 0 saturated carbocycles. The first-order valence-electron chi connectivity index (χ1n) is 5.66. The zero-order valence-electron chi connectivity index (χ0n) is 10.3. The van der Waals surface area contributed by atoms with Crippen molar-refractivity contribution in [3.8, 4) is 0 Å². The van der Waals surface area contributed by atoms with Crippen LogP contribution in [0.15, 0.2) is 5.38 Å². The predicted octanol–water partition coefficient (Wildman–Crippen LogP) is 0.187. The van der Waals surface area contributed by atoms with Gasteiger partial charge in [-0.2, -0.15) is 0 Å². The van der Waals surface area contributed by atoms with Crippen molar-refractivity contribution >= 4 is 34.3 Å². The summed E-state index contributed by atoms with van der Waals surface area (Å²) in [6.45, 7) is 0.401. The highest BCUT2D eigenvalue weighted by molar-refractivity contribution is 7.13. The summed E-state index contributed by atoms with van der Waals surface area (Å²) >= 11 is 1.18. The van der Waals surface area contributed by atoms with Crippen LogP contribution in [0.4, 0.5) is 5.13 Å². The van der Waals surface area contributed by atoms with Crippen molar-refractivity contribution in [2.24, 2.45) is 5.92 Å².